The molecule has 146 valence electrons. The van der Waals surface area contributed by atoms with Crippen LogP contribution in [-0.2, 0) is 13.1 Å². The summed E-state index contributed by atoms with van der Waals surface area (Å²) in [5.74, 6) is 0. The molecule has 0 amide bonds. The summed E-state index contributed by atoms with van der Waals surface area (Å²) in [6.45, 7) is 1.29. The summed E-state index contributed by atoms with van der Waals surface area (Å²) in [5, 5.41) is 16.3. The Balaban J connectivity index is 1.70. The average Bonchev–Trinajstić information content (AvgIpc) is 3.50. The molecule has 0 atom stereocenters. The number of hydrogen-bond donors (Lipinski definition) is 0. The first-order valence-electron chi connectivity index (χ1n) is 9.82. The highest BCUT2D eigenvalue weighted by molar-refractivity contribution is 5.78. The Labute approximate surface area is 174 Å². The van der Waals surface area contributed by atoms with Crippen LogP contribution in [0.5, 0.6) is 0 Å². The summed E-state index contributed by atoms with van der Waals surface area (Å²) in [6.07, 6.45) is 7.18. The third-order valence-electron chi connectivity index (χ3n) is 5.11. The number of benzene rings is 3. The van der Waals surface area contributed by atoms with Gasteiger partial charge >= 0.3 is 0 Å². The Morgan fingerprint density at radius 1 is 0.567 bits per heavy atom. The van der Waals surface area contributed by atoms with Gasteiger partial charge in [-0.05, 0) is 39.4 Å². The standard InChI is InChI=1S/C24H20N6/c1-3-7-19(8-4-1)23-16-24(20-9-5-2-6-10-20)22(18-30-14-12-26-28-30)15-21(23)17-29-13-11-25-27-29/h1-16H,17-18H2. The van der Waals surface area contributed by atoms with Crippen molar-refractivity contribution in [2.24, 2.45) is 0 Å². The van der Waals surface area contributed by atoms with Gasteiger partial charge in [-0.2, -0.15) is 0 Å². The number of aromatic nitrogens is 6. The van der Waals surface area contributed by atoms with Gasteiger partial charge in [0.1, 0.15) is 0 Å². The molecule has 0 saturated carbocycles. The van der Waals surface area contributed by atoms with Crippen LogP contribution in [0.3, 0.4) is 0 Å². The Kier molecular flexibility index (Phi) is 4.88. The summed E-state index contributed by atoms with van der Waals surface area (Å²) in [6, 6.07) is 25.5. The monoisotopic (exact) mass is 392 g/mol. The number of rotatable bonds is 6. The summed E-state index contributed by atoms with van der Waals surface area (Å²) in [5.41, 5.74) is 7.09. The van der Waals surface area contributed by atoms with Gasteiger partial charge in [-0.25, -0.2) is 9.36 Å². The van der Waals surface area contributed by atoms with Gasteiger partial charge in [0.2, 0.25) is 0 Å². The van der Waals surface area contributed by atoms with Crippen LogP contribution in [-0.4, -0.2) is 30.0 Å². The first kappa shape index (κ1) is 18.0. The Morgan fingerprint density at radius 3 is 1.43 bits per heavy atom. The predicted molar refractivity (Wildman–Crippen MR) is 116 cm³/mol. The van der Waals surface area contributed by atoms with Crippen LogP contribution in [0.25, 0.3) is 22.3 Å². The fourth-order valence-electron chi connectivity index (χ4n) is 3.71. The fraction of sp³-hybridized carbons (Fsp3) is 0.0833. The van der Waals surface area contributed by atoms with Crippen LogP contribution >= 0.6 is 0 Å². The lowest BCUT2D eigenvalue weighted by molar-refractivity contribution is 0.640. The van der Waals surface area contributed by atoms with Crippen LogP contribution < -0.4 is 0 Å². The minimum absolute atomic E-state index is 0.643. The quantitative estimate of drug-likeness (QED) is 0.432. The average molecular weight is 392 g/mol. The van der Waals surface area contributed by atoms with Crippen molar-refractivity contribution in [1.29, 1.82) is 0 Å². The SMILES string of the molecule is c1ccc(-c2cc(-c3ccccc3)c(Cn3ccnn3)cc2Cn2ccnn2)cc1. The largest absolute Gasteiger partial charge is 0.248 e. The van der Waals surface area contributed by atoms with Crippen molar-refractivity contribution in [3.63, 3.8) is 0 Å². The van der Waals surface area contributed by atoms with Crippen LogP contribution in [0.15, 0.2) is 97.6 Å². The molecular formula is C24H20N6. The third-order valence-corrected chi connectivity index (χ3v) is 5.11. The van der Waals surface area contributed by atoms with Crippen LogP contribution in [0.4, 0.5) is 0 Å². The van der Waals surface area contributed by atoms with Crippen molar-refractivity contribution in [3.05, 3.63) is 109 Å². The molecule has 0 aliphatic carbocycles. The molecule has 30 heavy (non-hydrogen) atoms. The minimum Gasteiger partial charge on any atom is -0.248 e. The lowest BCUT2D eigenvalue weighted by atomic mass is 9.90. The summed E-state index contributed by atoms with van der Waals surface area (Å²) < 4.78 is 3.70. The van der Waals surface area contributed by atoms with Crippen LogP contribution in [0.2, 0.25) is 0 Å². The summed E-state index contributed by atoms with van der Waals surface area (Å²) in [4.78, 5) is 0. The molecule has 6 heteroatoms. The molecule has 6 nitrogen and oxygen atoms in total. The second-order valence-electron chi connectivity index (χ2n) is 7.10. The third kappa shape index (κ3) is 3.75. The van der Waals surface area contributed by atoms with E-state index in [1.807, 2.05) is 33.9 Å². The Bertz CT molecular complexity index is 1120. The Morgan fingerprint density at radius 2 is 1.03 bits per heavy atom. The van der Waals surface area contributed by atoms with Crippen LogP contribution in [0.1, 0.15) is 11.1 Å². The van der Waals surface area contributed by atoms with E-state index in [0.29, 0.717) is 13.1 Å². The minimum atomic E-state index is 0.643. The van der Waals surface area contributed by atoms with E-state index in [2.05, 4.69) is 81.3 Å². The van der Waals surface area contributed by atoms with Crippen molar-refractivity contribution >= 4 is 0 Å². The van der Waals surface area contributed by atoms with Gasteiger partial charge in [-0.15, -0.1) is 10.2 Å². The first-order valence-corrected chi connectivity index (χ1v) is 9.82. The van der Waals surface area contributed by atoms with Crippen molar-refractivity contribution in [1.82, 2.24) is 30.0 Å². The molecule has 5 aromatic rings. The summed E-state index contributed by atoms with van der Waals surface area (Å²) in [7, 11) is 0. The molecule has 3 aromatic carbocycles. The fourth-order valence-corrected chi connectivity index (χ4v) is 3.71. The first-order chi connectivity index (χ1) is 14.9. The molecule has 0 saturated heterocycles. The maximum absolute atomic E-state index is 4.17. The second-order valence-corrected chi connectivity index (χ2v) is 7.10. The molecule has 0 radical (unpaired) electrons. The number of hydrogen-bond acceptors (Lipinski definition) is 4. The van der Waals surface area contributed by atoms with Gasteiger partial charge < -0.3 is 0 Å². The molecule has 0 N–H and O–H groups in total. The van der Waals surface area contributed by atoms with E-state index in [0.717, 1.165) is 0 Å². The van der Waals surface area contributed by atoms with Gasteiger partial charge in [-0.1, -0.05) is 77.2 Å². The van der Waals surface area contributed by atoms with E-state index in [4.69, 9.17) is 0 Å². The van der Waals surface area contributed by atoms with Gasteiger partial charge in [0.15, 0.2) is 0 Å². The van der Waals surface area contributed by atoms with E-state index in [-0.39, 0.29) is 0 Å². The molecule has 0 spiro atoms. The van der Waals surface area contributed by atoms with E-state index >= 15 is 0 Å². The normalized spacial score (nSPS) is 10.9. The second kappa shape index (κ2) is 8.13. The molecule has 0 aliphatic rings. The summed E-state index contributed by atoms with van der Waals surface area (Å²) >= 11 is 0. The molecule has 0 unspecified atom stereocenters. The molecule has 2 heterocycles. The zero-order chi connectivity index (χ0) is 20.2. The molecule has 2 aromatic heterocycles. The van der Waals surface area contributed by atoms with Crippen molar-refractivity contribution < 1.29 is 0 Å². The van der Waals surface area contributed by atoms with E-state index in [1.54, 1.807) is 12.4 Å². The molecule has 5 rings (SSSR count). The maximum atomic E-state index is 4.17. The zero-order valence-corrected chi connectivity index (χ0v) is 16.3. The van der Waals surface area contributed by atoms with Crippen LogP contribution in [0, 0.1) is 0 Å². The molecule has 0 bridgehead atoms. The van der Waals surface area contributed by atoms with Crippen molar-refractivity contribution in [2.75, 3.05) is 0 Å². The molecular weight excluding hydrogens is 372 g/mol. The highest BCUT2D eigenvalue weighted by Gasteiger charge is 2.14. The molecule has 0 aliphatic heterocycles. The molecule has 0 fully saturated rings. The van der Waals surface area contributed by atoms with Crippen molar-refractivity contribution in [2.45, 2.75) is 13.1 Å². The Hall–Kier alpha value is -4.06. The smallest absolute Gasteiger partial charge is 0.0693 e. The maximum Gasteiger partial charge on any atom is 0.0693 e. The lowest BCUT2D eigenvalue weighted by Gasteiger charge is -2.17. The van der Waals surface area contributed by atoms with Gasteiger partial charge in [0, 0.05) is 12.4 Å². The van der Waals surface area contributed by atoms with Gasteiger partial charge in [0.25, 0.3) is 0 Å². The van der Waals surface area contributed by atoms with Gasteiger partial charge in [0.05, 0.1) is 25.5 Å². The zero-order valence-electron chi connectivity index (χ0n) is 16.3. The topological polar surface area (TPSA) is 61.4 Å². The predicted octanol–water partition coefficient (Wildman–Crippen LogP) is 4.30. The van der Waals surface area contributed by atoms with Gasteiger partial charge in [-0.3, -0.25) is 0 Å². The lowest BCUT2D eigenvalue weighted by Crippen LogP contribution is -2.07. The van der Waals surface area contributed by atoms with E-state index in [1.165, 1.54) is 33.4 Å². The van der Waals surface area contributed by atoms with E-state index in [9.17, 15) is 0 Å². The highest BCUT2D eigenvalue weighted by Crippen LogP contribution is 2.33. The van der Waals surface area contributed by atoms with E-state index < -0.39 is 0 Å². The van der Waals surface area contributed by atoms with Crippen molar-refractivity contribution in [3.8, 4) is 22.3 Å². The highest BCUT2D eigenvalue weighted by atomic mass is 15.4. The number of nitrogens with zero attached hydrogens (tertiary/aromatic N) is 6.